The summed E-state index contributed by atoms with van der Waals surface area (Å²) in [6.45, 7) is 14.5. The lowest BCUT2D eigenvalue weighted by Crippen LogP contribution is -2.43. The first kappa shape index (κ1) is 25.9. The molecule has 1 atom stereocenters. The molecular formula is C27H39N7O2. The second-order valence-corrected chi connectivity index (χ2v) is 11.2. The van der Waals surface area contributed by atoms with Crippen LogP contribution in [-0.4, -0.2) is 53.3 Å². The predicted octanol–water partition coefficient (Wildman–Crippen LogP) is 2.99. The molecule has 2 aromatic heterocycles. The molecule has 0 bridgehead atoms. The van der Waals surface area contributed by atoms with Crippen LogP contribution in [0.3, 0.4) is 0 Å². The summed E-state index contributed by atoms with van der Waals surface area (Å²) in [6, 6.07) is 10.3. The Bertz CT molecular complexity index is 1260. The molecule has 0 spiro atoms. The van der Waals surface area contributed by atoms with Crippen LogP contribution in [-0.2, 0) is 10.2 Å². The Kier molecular flexibility index (Phi) is 7.51. The number of benzene rings is 1. The molecule has 1 aliphatic rings. The first-order valence-electron chi connectivity index (χ1n) is 12.6. The van der Waals surface area contributed by atoms with Crippen LogP contribution in [0.2, 0.25) is 0 Å². The van der Waals surface area contributed by atoms with Crippen molar-refractivity contribution in [3.05, 3.63) is 58.3 Å². The summed E-state index contributed by atoms with van der Waals surface area (Å²) in [6.07, 6.45) is 2.78. The van der Waals surface area contributed by atoms with Gasteiger partial charge < -0.3 is 26.1 Å². The van der Waals surface area contributed by atoms with E-state index in [-0.39, 0.29) is 22.6 Å². The van der Waals surface area contributed by atoms with Gasteiger partial charge in [0.25, 0.3) is 0 Å². The highest BCUT2D eigenvalue weighted by Gasteiger charge is 2.33. The zero-order chi connectivity index (χ0) is 25.9. The molecule has 5 N–H and O–H groups in total. The number of aromatic nitrogens is 3. The highest BCUT2D eigenvalue weighted by atomic mass is 16.5. The van der Waals surface area contributed by atoms with Gasteiger partial charge >= 0.3 is 5.69 Å². The number of nitrogens with zero attached hydrogens (tertiary/aromatic N) is 3. The van der Waals surface area contributed by atoms with Crippen molar-refractivity contribution < 1.29 is 4.74 Å². The molecule has 9 heteroatoms. The van der Waals surface area contributed by atoms with E-state index in [1.54, 1.807) is 4.57 Å². The third kappa shape index (κ3) is 6.14. The van der Waals surface area contributed by atoms with Crippen LogP contribution < -0.4 is 22.1 Å². The number of H-pyrrole nitrogens is 1. The third-order valence-corrected chi connectivity index (χ3v) is 6.63. The molecule has 0 radical (unpaired) electrons. The Morgan fingerprint density at radius 3 is 2.64 bits per heavy atom. The van der Waals surface area contributed by atoms with Crippen molar-refractivity contribution in [3.8, 4) is 5.69 Å². The van der Waals surface area contributed by atoms with Gasteiger partial charge in [0.05, 0.1) is 25.4 Å². The smallest absolute Gasteiger partial charge is 0.354 e. The molecule has 194 valence electrons. The third-order valence-electron chi connectivity index (χ3n) is 6.63. The fourth-order valence-electron chi connectivity index (χ4n) is 4.12. The second kappa shape index (κ2) is 10.4. The van der Waals surface area contributed by atoms with Crippen LogP contribution in [0, 0.1) is 5.41 Å². The van der Waals surface area contributed by atoms with Crippen LogP contribution in [0.4, 0.5) is 0 Å². The van der Waals surface area contributed by atoms with E-state index in [1.165, 1.54) is 0 Å². The number of ether oxygens (including phenoxy) is 1. The Hall–Kier alpha value is -3.17. The van der Waals surface area contributed by atoms with Crippen molar-refractivity contribution in [1.29, 1.82) is 0 Å². The summed E-state index contributed by atoms with van der Waals surface area (Å²) in [7, 11) is 0. The molecule has 4 rings (SSSR count). The van der Waals surface area contributed by atoms with E-state index in [4.69, 9.17) is 10.5 Å². The van der Waals surface area contributed by atoms with Gasteiger partial charge in [0.2, 0.25) is 0 Å². The minimum atomic E-state index is -0.297. The molecular weight excluding hydrogens is 454 g/mol. The summed E-state index contributed by atoms with van der Waals surface area (Å²) in [4.78, 5) is 24.6. The number of hydrogen-bond acceptors (Lipinski definition) is 5. The molecule has 9 nitrogen and oxygen atoms in total. The Balaban J connectivity index is 1.29. The lowest BCUT2D eigenvalue weighted by atomic mass is 9.89. The molecule has 0 aliphatic carbocycles. The lowest BCUT2D eigenvalue weighted by Gasteiger charge is -2.36. The number of fused-ring (bicyclic) bond motifs is 1. The number of aliphatic imine (C=N–C) groups is 1. The monoisotopic (exact) mass is 493 g/mol. The fourth-order valence-corrected chi connectivity index (χ4v) is 4.12. The van der Waals surface area contributed by atoms with Crippen molar-refractivity contribution >= 4 is 17.0 Å². The molecule has 1 aliphatic heterocycles. The molecule has 0 saturated carbocycles. The van der Waals surface area contributed by atoms with Crippen LogP contribution in [0.15, 0.2) is 46.3 Å². The number of nitrogens with two attached hydrogens (primary N) is 1. The maximum Gasteiger partial charge on any atom is 0.354 e. The average molecular weight is 494 g/mol. The molecule has 36 heavy (non-hydrogen) atoms. The highest BCUT2D eigenvalue weighted by molar-refractivity contribution is 5.77. The first-order valence-corrected chi connectivity index (χ1v) is 12.6. The van der Waals surface area contributed by atoms with Crippen molar-refractivity contribution in [2.45, 2.75) is 52.5 Å². The maximum absolute atomic E-state index is 12.7. The summed E-state index contributed by atoms with van der Waals surface area (Å²) in [5, 5.41) is 7.63. The van der Waals surface area contributed by atoms with E-state index in [0.29, 0.717) is 18.2 Å². The summed E-state index contributed by atoms with van der Waals surface area (Å²) < 4.78 is 6.84. The Labute approximate surface area is 212 Å². The fraction of sp³-hybridized carbons (Fsp3) is 0.519. The zero-order valence-corrected chi connectivity index (χ0v) is 22.0. The quantitative estimate of drug-likeness (QED) is 0.207. The Morgan fingerprint density at radius 2 is 2.00 bits per heavy atom. The van der Waals surface area contributed by atoms with E-state index in [1.807, 2.05) is 18.3 Å². The van der Waals surface area contributed by atoms with E-state index < -0.39 is 0 Å². The SMILES string of the molecule is C[C@H](NCCCNC(N)=NCC1(C)COC1)c1ccc(-n2cc3cc(C(C)(C)C)[nH]c3nc2=O)cc1. The molecule has 1 fully saturated rings. The summed E-state index contributed by atoms with van der Waals surface area (Å²) in [5.41, 5.74) is 9.39. The van der Waals surface area contributed by atoms with Crippen LogP contribution in [0.5, 0.6) is 0 Å². The van der Waals surface area contributed by atoms with Gasteiger partial charge in [0.1, 0.15) is 5.65 Å². The standard InChI is InChI=1S/C27H39N7O2/c1-18(29-11-6-12-30-24(28)31-15-27(5)16-36-17-27)19-7-9-21(10-8-19)34-14-20-13-22(26(2,3)4)32-23(20)33-25(34)35/h7-10,13-14,18,29H,6,11-12,15-17H2,1-5H3,(H3,28,30,31)(H,32,33,35)/t18-/m0/s1. The van der Waals surface area contributed by atoms with Crippen molar-refractivity contribution in [1.82, 2.24) is 25.2 Å². The van der Waals surface area contributed by atoms with Crippen LogP contribution in [0.1, 0.15) is 58.3 Å². The zero-order valence-electron chi connectivity index (χ0n) is 22.0. The van der Waals surface area contributed by atoms with Crippen molar-refractivity contribution in [2.24, 2.45) is 16.1 Å². The normalized spacial score (nSPS) is 16.6. The Morgan fingerprint density at radius 1 is 1.28 bits per heavy atom. The van der Waals surface area contributed by atoms with Gasteiger partial charge in [0.15, 0.2) is 5.96 Å². The van der Waals surface area contributed by atoms with Gasteiger partial charge in [-0.15, -0.1) is 0 Å². The van der Waals surface area contributed by atoms with Gasteiger partial charge in [0, 0.05) is 40.7 Å². The molecule has 3 aromatic rings. The molecule has 3 heterocycles. The predicted molar refractivity (Wildman–Crippen MR) is 145 cm³/mol. The topological polar surface area (TPSA) is 122 Å². The van der Waals surface area contributed by atoms with Gasteiger partial charge in [-0.2, -0.15) is 4.98 Å². The molecule has 0 amide bonds. The second-order valence-electron chi connectivity index (χ2n) is 11.2. The van der Waals surface area contributed by atoms with Crippen molar-refractivity contribution in [3.63, 3.8) is 0 Å². The first-order chi connectivity index (χ1) is 17.0. The molecule has 1 saturated heterocycles. The maximum atomic E-state index is 12.7. The number of hydrogen-bond donors (Lipinski definition) is 4. The van der Waals surface area contributed by atoms with Crippen molar-refractivity contribution in [2.75, 3.05) is 32.8 Å². The van der Waals surface area contributed by atoms with Gasteiger partial charge in [-0.1, -0.05) is 39.8 Å². The molecule has 1 aromatic carbocycles. The van der Waals surface area contributed by atoms with Gasteiger partial charge in [-0.25, -0.2) is 4.79 Å². The van der Waals surface area contributed by atoms with E-state index >= 15 is 0 Å². The van der Waals surface area contributed by atoms with Gasteiger partial charge in [-0.3, -0.25) is 9.56 Å². The minimum Gasteiger partial charge on any atom is -0.380 e. The van der Waals surface area contributed by atoms with E-state index in [9.17, 15) is 4.79 Å². The number of guanidine groups is 1. The summed E-state index contributed by atoms with van der Waals surface area (Å²) in [5.74, 6) is 0.490. The largest absolute Gasteiger partial charge is 0.380 e. The highest BCUT2D eigenvalue weighted by Crippen LogP contribution is 2.26. The van der Waals surface area contributed by atoms with Gasteiger partial charge in [-0.05, 0) is 43.7 Å². The van der Waals surface area contributed by atoms with Crippen LogP contribution >= 0.6 is 0 Å². The average Bonchev–Trinajstić information content (AvgIpc) is 3.24. The number of rotatable bonds is 9. The summed E-state index contributed by atoms with van der Waals surface area (Å²) >= 11 is 0. The lowest BCUT2D eigenvalue weighted by molar-refractivity contribution is -0.0945. The van der Waals surface area contributed by atoms with E-state index in [0.717, 1.165) is 55.1 Å². The number of nitrogens with one attached hydrogen (secondary N) is 3. The minimum absolute atomic E-state index is 0.0422. The number of aromatic amines is 1. The van der Waals surface area contributed by atoms with E-state index in [2.05, 4.69) is 78.4 Å². The molecule has 0 unspecified atom stereocenters. The van der Waals surface area contributed by atoms with Crippen LogP contribution in [0.25, 0.3) is 16.7 Å².